The van der Waals surface area contributed by atoms with Crippen LogP contribution in [0.15, 0.2) is 0 Å². The molecule has 2 N–H and O–H groups in total. The first-order valence-corrected chi connectivity index (χ1v) is 4.70. The summed E-state index contributed by atoms with van der Waals surface area (Å²) >= 11 is 0. The zero-order valence-corrected chi connectivity index (χ0v) is 7.71. The van der Waals surface area contributed by atoms with Crippen LogP contribution in [0.3, 0.4) is 0 Å². The molecule has 2 nitrogen and oxygen atoms in total. The van der Waals surface area contributed by atoms with E-state index in [-0.39, 0.29) is 0 Å². The van der Waals surface area contributed by atoms with Crippen LogP contribution < -0.4 is 5.73 Å². The first-order valence-electron chi connectivity index (χ1n) is 4.70. The molecule has 0 heterocycles. The number of rotatable bonds is 4. The molecule has 0 aromatic rings. The number of nitrogens with two attached hydrogens (primary N) is 1. The van der Waals surface area contributed by atoms with E-state index in [1.807, 2.05) is 0 Å². The second kappa shape index (κ2) is 4.07. The molecule has 1 aliphatic rings. The van der Waals surface area contributed by atoms with Crippen molar-refractivity contribution >= 4 is 0 Å². The lowest BCUT2D eigenvalue weighted by molar-refractivity contribution is 0.0898. The minimum Gasteiger partial charge on any atom is -0.330 e. The maximum atomic E-state index is 5.63. The minimum absolute atomic E-state index is 0.784. The smallest absolute Gasteiger partial charge is 0.0133 e. The Bertz CT molecular complexity index is 112. The van der Waals surface area contributed by atoms with Crippen molar-refractivity contribution < 1.29 is 0 Å². The van der Waals surface area contributed by atoms with Gasteiger partial charge in [0, 0.05) is 6.04 Å². The van der Waals surface area contributed by atoms with Crippen molar-refractivity contribution in [3.8, 4) is 0 Å². The van der Waals surface area contributed by atoms with Gasteiger partial charge in [-0.15, -0.1) is 0 Å². The summed E-state index contributed by atoms with van der Waals surface area (Å²) in [5.41, 5.74) is 5.63. The van der Waals surface area contributed by atoms with Crippen molar-refractivity contribution in [1.82, 2.24) is 4.90 Å². The zero-order valence-electron chi connectivity index (χ0n) is 7.71. The summed E-state index contributed by atoms with van der Waals surface area (Å²) in [5, 5.41) is 0. The van der Waals surface area contributed by atoms with E-state index in [4.69, 9.17) is 5.73 Å². The standard InChI is InChI=1S/C9H20N2/c1-3-6-11(2)9-5-4-8(9)7-10/h8-9H,3-7,10H2,1-2H3. The summed E-state index contributed by atoms with van der Waals surface area (Å²) in [6, 6.07) is 0.792. The Hall–Kier alpha value is -0.0800. The molecule has 1 aliphatic carbocycles. The van der Waals surface area contributed by atoms with Crippen molar-refractivity contribution in [2.24, 2.45) is 11.7 Å². The van der Waals surface area contributed by atoms with E-state index in [0.29, 0.717) is 0 Å². The van der Waals surface area contributed by atoms with E-state index in [2.05, 4.69) is 18.9 Å². The largest absolute Gasteiger partial charge is 0.330 e. The molecule has 0 radical (unpaired) electrons. The van der Waals surface area contributed by atoms with Crippen molar-refractivity contribution in [2.75, 3.05) is 20.1 Å². The van der Waals surface area contributed by atoms with Crippen LogP contribution in [0, 0.1) is 5.92 Å². The minimum atomic E-state index is 0.784. The Labute approximate surface area is 69.8 Å². The van der Waals surface area contributed by atoms with Gasteiger partial charge in [0.1, 0.15) is 0 Å². The van der Waals surface area contributed by atoms with E-state index >= 15 is 0 Å². The van der Waals surface area contributed by atoms with Gasteiger partial charge in [0.25, 0.3) is 0 Å². The zero-order chi connectivity index (χ0) is 8.27. The molecular weight excluding hydrogens is 136 g/mol. The summed E-state index contributed by atoms with van der Waals surface area (Å²) in [5.74, 6) is 0.784. The summed E-state index contributed by atoms with van der Waals surface area (Å²) < 4.78 is 0. The molecule has 2 atom stereocenters. The van der Waals surface area contributed by atoms with Gasteiger partial charge in [-0.2, -0.15) is 0 Å². The Balaban J connectivity index is 2.24. The van der Waals surface area contributed by atoms with Crippen LogP contribution in [-0.2, 0) is 0 Å². The van der Waals surface area contributed by atoms with Crippen LogP contribution >= 0.6 is 0 Å². The van der Waals surface area contributed by atoms with Gasteiger partial charge < -0.3 is 10.6 Å². The Kier molecular flexibility index (Phi) is 3.34. The molecule has 0 aromatic heterocycles. The molecule has 11 heavy (non-hydrogen) atoms. The van der Waals surface area contributed by atoms with Gasteiger partial charge in [-0.25, -0.2) is 0 Å². The molecule has 66 valence electrons. The highest BCUT2D eigenvalue weighted by atomic mass is 15.1. The van der Waals surface area contributed by atoms with E-state index < -0.39 is 0 Å². The third-order valence-corrected chi connectivity index (χ3v) is 2.82. The topological polar surface area (TPSA) is 29.3 Å². The van der Waals surface area contributed by atoms with Crippen molar-refractivity contribution in [2.45, 2.75) is 32.2 Å². The second-order valence-corrected chi connectivity index (χ2v) is 3.62. The summed E-state index contributed by atoms with van der Waals surface area (Å²) in [7, 11) is 2.22. The predicted molar refractivity (Wildman–Crippen MR) is 48.5 cm³/mol. The fourth-order valence-corrected chi connectivity index (χ4v) is 1.93. The summed E-state index contributed by atoms with van der Waals surface area (Å²) in [6.07, 6.45) is 3.96. The molecule has 0 saturated heterocycles. The Morgan fingerprint density at radius 2 is 2.18 bits per heavy atom. The van der Waals surface area contributed by atoms with E-state index in [9.17, 15) is 0 Å². The molecule has 1 rings (SSSR count). The molecule has 1 fully saturated rings. The van der Waals surface area contributed by atoms with Crippen LogP contribution in [0.2, 0.25) is 0 Å². The number of hydrogen-bond acceptors (Lipinski definition) is 2. The second-order valence-electron chi connectivity index (χ2n) is 3.62. The highest BCUT2D eigenvalue weighted by Gasteiger charge is 2.31. The molecule has 0 aliphatic heterocycles. The Morgan fingerprint density at radius 3 is 2.55 bits per heavy atom. The van der Waals surface area contributed by atoms with Gasteiger partial charge in [0.2, 0.25) is 0 Å². The normalized spacial score (nSPS) is 30.5. The first kappa shape index (κ1) is 9.01. The molecule has 2 unspecified atom stereocenters. The third-order valence-electron chi connectivity index (χ3n) is 2.82. The predicted octanol–water partition coefficient (Wildman–Crippen LogP) is 1.07. The van der Waals surface area contributed by atoms with Crippen molar-refractivity contribution in [3.63, 3.8) is 0 Å². The van der Waals surface area contributed by atoms with Crippen molar-refractivity contribution in [1.29, 1.82) is 0 Å². The van der Waals surface area contributed by atoms with Gasteiger partial charge in [-0.1, -0.05) is 6.92 Å². The molecule has 0 bridgehead atoms. The molecule has 0 amide bonds. The van der Waals surface area contributed by atoms with Crippen LogP contribution in [0.25, 0.3) is 0 Å². The van der Waals surface area contributed by atoms with Gasteiger partial charge in [-0.3, -0.25) is 0 Å². The van der Waals surface area contributed by atoms with Gasteiger partial charge in [0.15, 0.2) is 0 Å². The van der Waals surface area contributed by atoms with Crippen LogP contribution in [0.1, 0.15) is 26.2 Å². The maximum Gasteiger partial charge on any atom is 0.0133 e. The molecule has 2 heteroatoms. The maximum absolute atomic E-state index is 5.63. The highest BCUT2D eigenvalue weighted by molar-refractivity contribution is 4.87. The number of hydrogen-bond donors (Lipinski definition) is 1. The van der Waals surface area contributed by atoms with Crippen LogP contribution in [0.4, 0.5) is 0 Å². The van der Waals surface area contributed by atoms with Crippen molar-refractivity contribution in [3.05, 3.63) is 0 Å². The molecule has 1 saturated carbocycles. The lowest BCUT2D eigenvalue weighted by Gasteiger charge is -2.42. The molecule has 0 spiro atoms. The third kappa shape index (κ3) is 1.94. The van der Waals surface area contributed by atoms with Gasteiger partial charge >= 0.3 is 0 Å². The SMILES string of the molecule is CCCN(C)C1CCC1CN. The Morgan fingerprint density at radius 1 is 1.45 bits per heavy atom. The average molecular weight is 156 g/mol. The first-order chi connectivity index (χ1) is 5.29. The van der Waals surface area contributed by atoms with E-state index in [1.54, 1.807) is 0 Å². The fourth-order valence-electron chi connectivity index (χ4n) is 1.93. The van der Waals surface area contributed by atoms with Gasteiger partial charge in [0.05, 0.1) is 0 Å². The monoisotopic (exact) mass is 156 g/mol. The van der Waals surface area contributed by atoms with E-state index in [0.717, 1.165) is 18.5 Å². The fraction of sp³-hybridized carbons (Fsp3) is 1.00. The van der Waals surface area contributed by atoms with Crippen LogP contribution in [0.5, 0.6) is 0 Å². The lowest BCUT2D eigenvalue weighted by Crippen LogP contribution is -2.48. The van der Waals surface area contributed by atoms with E-state index in [1.165, 1.54) is 25.8 Å². The number of nitrogens with zero attached hydrogens (tertiary/aromatic N) is 1. The average Bonchev–Trinajstić information content (AvgIpc) is 1.86. The summed E-state index contributed by atoms with van der Waals surface area (Å²) in [4.78, 5) is 2.46. The highest BCUT2D eigenvalue weighted by Crippen LogP contribution is 2.30. The quantitative estimate of drug-likeness (QED) is 0.659. The van der Waals surface area contributed by atoms with Crippen LogP contribution in [-0.4, -0.2) is 31.1 Å². The summed E-state index contributed by atoms with van der Waals surface area (Å²) in [6.45, 7) is 4.33. The van der Waals surface area contributed by atoms with Gasteiger partial charge in [-0.05, 0) is 45.3 Å². The lowest BCUT2D eigenvalue weighted by atomic mass is 9.79. The molecular formula is C9H20N2. The molecule has 0 aromatic carbocycles.